The highest BCUT2D eigenvalue weighted by atomic mass is 32.1. The predicted octanol–water partition coefficient (Wildman–Crippen LogP) is 2.04. The molecule has 5 nitrogen and oxygen atoms in total. The van der Waals surface area contributed by atoms with E-state index in [2.05, 4.69) is 21.3 Å². The lowest BCUT2D eigenvalue weighted by molar-refractivity contribution is -0.130. The first-order valence-electron chi connectivity index (χ1n) is 8.79. The minimum Gasteiger partial charge on any atom is -0.375 e. The molecule has 0 saturated carbocycles. The van der Waals surface area contributed by atoms with E-state index in [0.29, 0.717) is 12.3 Å². The largest absolute Gasteiger partial charge is 0.375 e. The molecule has 2 aromatic heterocycles. The molecule has 0 bridgehead atoms. The van der Waals surface area contributed by atoms with E-state index < -0.39 is 0 Å². The average Bonchev–Trinajstić information content (AvgIpc) is 3.23. The normalized spacial score (nSPS) is 24.1. The number of pyridine rings is 1. The molecule has 6 heteroatoms. The SMILES string of the molecule is O=C(Cc1ccsc1)N1C[C@@H]2CN(Cc3cccnc3)CCO[C@@H]2C1. The van der Waals surface area contributed by atoms with Crippen LogP contribution in [0.1, 0.15) is 11.1 Å². The van der Waals surface area contributed by atoms with Crippen LogP contribution in [0.3, 0.4) is 0 Å². The third kappa shape index (κ3) is 4.08. The van der Waals surface area contributed by atoms with Crippen molar-refractivity contribution >= 4 is 17.2 Å². The Morgan fingerprint density at radius 1 is 1.28 bits per heavy atom. The van der Waals surface area contributed by atoms with Crippen molar-refractivity contribution in [2.75, 3.05) is 32.8 Å². The Balaban J connectivity index is 1.36. The molecule has 2 aliphatic heterocycles. The summed E-state index contributed by atoms with van der Waals surface area (Å²) in [6, 6.07) is 6.12. The molecule has 2 aromatic rings. The van der Waals surface area contributed by atoms with Crippen molar-refractivity contribution in [1.82, 2.24) is 14.8 Å². The molecule has 0 aliphatic carbocycles. The number of ether oxygens (including phenoxy) is 1. The number of fused-ring (bicyclic) bond motifs is 1. The molecule has 0 radical (unpaired) electrons. The van der Waals surface area contributed by atoms with E-state index in [1.165, 1.54) is 5.56 Å². The van der Waals surface area contributed by atoms with Gasteiger partial charge in [-0.3, -0.25) is 14.7 Å². The second kappa shape index (κ2) is 7.64. The maximum Gasteiger partial charge on any atom is 0.227 e. The summed E-state index contributed by atoms with van der Waals surface area (Å²) in [5.41, 5.74) is 2.34. The minimum atomic E-state index is 0.172. The predicted molar refractivity (Wildman–Crippen MR) is 97.3 cm³/mol. The van der Waals surface area contributed by atoms with Gasteiger partial charge in [-0.25, -0.2) is 0 Å². The summed E-state index contributed by atoms with van der Waals surface area (Å²) < 4.78 is 6.06. The Kier molecular flexibility index (Phi) is 5.10. The summed E-state index contributed by atoms with van der Waals surface area (Å²) in [6.45, 7) is 5.06. The van der Waals surface area contributed by atoms with Crippen LogP contribution < -0.4 is 0 Å². The molecule has 2 saturated heterocycles. The van der Waals surface area contributed by atoms with E-state index in [1.807, 2.05) is 28.6 Å². The van der Waals surface area contributed by atoms with Crippen molar-refractivity contribution < 1.29 is 9.53 Å². The highest BCUT2D eigenvalue weighted by Gasteiger charge is 2.38. The highest BCUT2D eigenvalue weighted by molar-refractivity contribution is 7.08. The number of rotatable bonds is 4. The van der Waals surface area contributed by atoms with Gasteiger partial charge in [-0.05, 0) is 34.0 Å². The van der Waals surface area contributed by atoms with Crippen LogP contribution in [0.25, 0.3) is 0 Å². The molecule has 0 aromatic carbocycles. The smallest absolute Gasteiger partial charge is 0.227 e. The van der Waals surface area contributed by atoms with Crippen LogP contribution in [0.2, 0.25) is 0 Å². The molecule has 0 N–H and O–H groups in total. The van der Waals surface area contributed by atoms with Crippen molar-refractivity contribution in [3.63, 3.8) is 0 Å². The molecule has 2 fully saturated rings. The van der Waals surface area contributed by atoms with Gasteiger partial charge in [0.2, 0.25) is 5.91 Å². The number of aromatic nitrogens is 1. The minimum absolute atomic E-state index is 0.172. The molecular formula is C19H23N3O2S. The Morgan fingerprint density at radius 2 is 2.24 bits per heavy atom. The molecule has 0 unspecified atom stereocenters. The molecule has 0 spiro atoms. The van der Waals surface area contributed by atoms with Gasteiger partial charge in [0.1, 0.15) is 0 Å². The summed E-state index contributed by atoms with van der Waals surface area (Å²) in [5.74, 6) is 0.611. The number of carbonyl (C=O) groups is 1. The molecule has 4 heterocycles. The van der Waals surface area contributed by atoms with Gasteiger partial charge in [0.25, 0.3) is 0 Å². The fraction of sp³-hybridized carbons (Fsp3) is 0.474. The van der Waals surface area contributed by atoms with Crippen LogP contribution in [0.5, 0.6) is 0 Å². The lowest BCUT2D eigenvalue weighted by Gasteiger charge is -2.23. The van der Waals surface area contributed by atoms with E-state index >= 15 is 0 Å². The monoisotopic (exact) mass is 357 g/mol. The zero-order chi connectivity index (χ0) is 17.1. The van der Waals surface area contributed by atoms with Crippen molar-refractivity contribution in [2.45, 2.75) is 19.1 Å². The van der Waals surface area contributed by atoms with Gasteiger partial charge in [0.15, 0.2) is 0 Å². The number of carbonyl (C=O) groups excluding carboxylic acids is 1. The van der Waals surface area contributed by atoms with Gasteiger partial charge in [0, 0.05) is 51.0 Å². The molecule has 132 valence electrons. The molecule has 2 aliphatic rings. The van der Waals surface area contributed by atoms with Crippen LogP contribution in [0.15, 0.2) is 41.4 Å². The standard InChI is InChI=1S/C19H23N3O2S/c23-19(8-15-3-7-25-14-15)22-12-17-11-21(5-6-24-18(17)13-22)10-16-2-1-4-20-9-16/h1-4,7,9,14,17-18H,5-6,8,10-13H2/t17-,18+/m0/s1. The van der Waals surface area contributed by atoms with Crippen LogP contribution >= 0.6 is 11.3 Å². The van der Waals surface area contributed by atoms with Crippen molar-refractivity contribution in [3.05, 3.63) is 52.5 Å². The Morgan fingerprint density at radius 3 is 3.04 bits per heavy atom. The molecule has 25 heavy (non-hydrogen) atoms. The van der Waals surface area contributed by atoms with E-state index in [4.69, 9.17) is 4.74 Å². The average molecular weight is 357 g/mol. The number of nitrogens with zero attached hydrogens (tertiary/aromatic N) is 3. The van der Waals surface area contributed by atoms with Crippen molar-refractivity contribution in [2.24, 2.45) is 5.92 Å². The highest BCUT2D eigenvalue weighted by Crippen LogP contribution is 2.25. The Hall–Kier alpha value is -1.76. The van der Waals surface area contributed by atoms with Gasteiger partial charge in [-0.15, -0.1) is 0 Å². The first kappa shape index (κ1) is 16.7. The topological polar surface area (TPSA) is 45.7 Å². The maximum absolute atomic E-state index is 12.6. The summed E-state index contributed by atoms with van der Waals surface area (Å²) in [5, 5.41) is 4.08. The fourth-order valence-corrected chi connectivity index (χ4v) is 4.41. The number of hydrogen-bond acceptors (Lipinski definition) is 5. The van der Waals surface area contributed by atoms with Crippen LogP contribution in [-0.4, -0.2) is 59.6 Å². The molecule has 1 amide bonds. The lowest BCUT2D eigenvalue weighted by atomic mass is 10.1. The van der Waals surface area contributed by atoms with E-state index in [0.717, 1.165) is 44.9 Å². The fourth-order valence-electron chi connectivity index (χ4n) is 3.74. The van der Waals surface area contributed by atoms with Crippen molar-refractivity contribution in [3.8, 4) is 0 Å². The number of thiophene rings is 1. The first-order chi connectivity index (χ1) is 12.3. The van der Waals surface area contributed by atoms with Gasteiger partial charge < -0.3 is 9.64 Å². The van der Waals surface area contributed by atoms with E-state index in [-0.39, 0.29) is 12.0 Å². The Bertz CT molecular complexity index is 692. The van der Waals surface area contributed by atoms with Crippen LogP contribution in [-0.2, 0) is 22.5 Å². The third-order valence-corrected chi connectivity index (χ3v) is 5.76. The van der Waals surface area contributed by atoms with E-state index in [1.54, 1.807) is 17.5 Å². The Labute approximate surface area is 152 Å². The van der Waals surface area contributed by atoms with E-state index in [9.17, 15) is 4.79 Å². The van der Waals surface area contributed by atoms with Crippen LogP contribution in [0.4, 0.5) is 0 Å². The van der Waals surface area contributed by atoms with Crippen molar-refractivity contribution in [1.29, 1.82) is 0 Å². The maximum atomic E-state index is 12.6. The molecule has 4 rings (SSSR count). The first-order valence-corrected chi connectivity index (χ1v) is 9.74. The van der Waals surface area contributed by atoms with Gasteiger partial charge in [-0.2, -0.15) is 11.3 Å². The van der Waals surface area contributed by atoms with Gasteiger partial charge in [0.05, 0.1) is 19.1 Å². The number of amides is 1. The lowest BCUT2D eigenvalue weighted by Crippen LogP contribution is -2.34. The summed E-state index contributed by atoms with van der Waals surface area (Å²) in [4.78, 5) is 21.2. The number of hydrogen-bond donors (Lipinski definition) is 0. The quantitative estimate of drug-likeness (QED) is 0.840. The molecule has 2 atom stereocenters. The summed E-state index contributed by atoms with van der Waals surface area (Å²) in [7, 11) is 0. The zero-order valence-electron chi connectivity index (χ0n) is 14.2. The summed E-state index contributed by atoms with van der Waals surface area (Å²) in [6.07, 6.45) is 4.40. The second-order valence-electron chi connectivity index (χ2n) is 6.87. The third-order valence-electron chi connectivity index (χ3n) is 5.03. The van der Waals surface area contributed by atoms with Gasteiger partial charge >= 0.3 is 0 Å². The zero-order valence-corrected chi connectivity index (χ0v) is 15.0. The molecular weight excluding hydrogens is 334 g/mol. The van der Waals surface area contributed by atoms with Crippen LogP contribution in [0, 0.1) is 5.92 Å². The van der Waals surface area contributed by atoms with Gasteiger partial charge in [-0.1, -0.05) is 6.07 Å². The second-order valence-corrected chi connectivity index (χ2v) is 7.65. The number of likely N-dealkylation sites (tertiary alicyclic amines) is 1. The summed E-state index contributed by atoms with van der Waals surface area (Å²) >= 11 is 1.64.